The van der Waals surface area contributed by atoms with Crippen molar-refractivity contribution in [3.05, 3.63) is 0 Å². The molecule has 2 N–H and O–H groups in total. The fraction of sp³-hybridized carbons (Fsp3) is 1.00. The summed E-state index contributed by atoms with van der Waals surface area (Å²) in [5.41, 5.74) is -0.0787. The van der Waals surface area contributed by atoms with Crippen LogP contribution < -0.4 is 5.32 Å². The quantitative estimate of drug-likeness (QED) is 0.569. The SMILES string of the molecule is OC1C(F)CCC12CCNCC2. The zero-order valence-electron chi connectivity index (χ0n) is 7.22. The van der Waals surface area contributed by atoms with Crippen LogP contribution >= 0.6 is 0 Å². The number of piperidine rings is 1. The number of rotatable bonds is 0. The van der Waals surface area contributed by atoms with E-state index in [0.717, 1.165) is 32.4 Å². The standard InChI is InChI=1S/C9H16FNO/c10-7-1-2-9(8(7)12)3-5-11-6-4-9/h7-8,11-12H,1-6H2. The molecular formula is C9H16FNO. The van der Waals surface area contributed by atoms with Crippen molar-refractivity contribution in [2.24, 2.45) is 5.41 Å². The van der Waals surface area contributed by atoms with Crippen LogP contribution in [0.25, 0.3) is 0 Å². The van der Waals surface area contributed by atoms with Crippen molar-refractivity contribution in [3.63, 3.8) is 0 Å². The monoisotopic (exact) mass is 173 g/mol. The van der Waals surface area contributed by atoms with Crippen molar-refractivity contribution in [1.29, 1.82) is 0 Å². The van der Waals surface area contributed by atoms with Crippen molar-refractivity contribution < 1.29 is 9.50 Å². The maximum atomic E-state index is 13.1. The van der Waals surface area contributed by atoms with E-state index in [1.165, 1.54) is 0 Å². The van der Waals surface area contributed by atoms with Gasteiger partial charge in [0.2, 0.25) is 0 Å². The molecule has 1 spiro atoms. The van der Waals surface area contributed by atoms with Gasteiger partial charge in [-0.05, 0) is 38.8 Å². The van der Waals surface area contributed by atoms with Crippen LogP contribution in [0, 0.1) is 5.41 Å². The van der Waals surface area contributed by atoms with Crippen molar-refractivity contribution in [2.75, 3.05) is 13.1 Å². The third kappa shape index (κ3) is 1.15. The molecule has 1 aliphatic carbocycles. The number of nitrogens with one attached hydrogen (secondary N) is 1. The van der Waals surface area contributed by atoms with Crippen molar-refractivity contribution in [3.8, 4) is 0 Å². The summed E-state index contributed by atoms with van der Waals surface area (Å²) in [5, 5.41) is 12.9. The topological polar surface area (TPSA) is 32.3 Å². The molecule has 3 heteroatoms. The highest BCUT2D eigenvalue weighted by Crippen LogP contribution is 2.46. The zero-order valence-corrected chi connectivity index (χ0v) is 7.22. The lowest BCUT2D eigenvalue weighted by Crippen LogP contribution is -2.43. The van der Waals surface area contributed by atoms with E-state index in [-0.39, 0.29) is 5.41 Å². The first-order valence-corrected chi connectivity index (χ1v) is 4.77. The van der Waals surface area contributed by atoms with E-state index in [0.29, 0.717) is 6.42 Å². The van der Waals surface area contributed by atoms with Crippen LogP contribution in [0.1, 0.15) is 25.7 Å². The molecular weight excluding hydrogens is 157 g/mol. The first-order chi connectivity index (χ1) is 5.75. The molecule has 2 nitrogen and oxygen atoms in total. The minimum absolute atomic E-state index is 0.0787. The summed E-state index contributed by atoms with van der Waals surface area (Å²) in [6.45, 7) is 1.87. The van der Waals surface area contributed by atoms with Gasteiger partial charge in [-0.15, -0.1) is 0 Å². The molecule has 1 aliphatic heterocycles. The van der Waals surface area contributed by atoms with Crippen molar-refractivity contribution in [2.45, 2.75) is 38.0 Å². The van der Waals surface area contributed by atoms with Gasteiger partial charge in [0, 0.05) is 5.41 Å². The molecule has 70 valence electrons. The molecule has 1 saturated carbocycles. The average molecular weight is 173 g/mol. The van der Waals surface area contributed by atoms with Gasteiger partial charge in [-0.2, -0.15) is 0 Å². The Labute approximate surface area is 72.2 Å². The minimum atomic E-state index is -0.969. The molecule has 0 aromatic heterocycles. The van der Waals surface area contributed by atoms with E-state index >= 15 is 0 Å². The Kier molecular flexibility index (Phi) is 2.09. The van der Waals surface area contributed by atoms with Crippen molar-refractivity contribution in [1.82, 2.24) is 5.32 Å². The lowest BCUT2D eigenvalue weighted by atomic mass is 9.76. The van der Waals surface area contributed by atoms with Crippen LogP contribution in [0.4, 0.5) is 4.39 Å². The molecule has 12 heavy (non-hydrogen) atoms. The second-order valence-corrected chi connectivity index (χ2v) is 4.11. The number of hydrogen-bond donors (Lipinski definition) is 2. The Balaban J connectivity index is 2.09. The molecule has 0 radical (unpaired) electrons. The summed E-state index contributed by atoms with van der Waals surface area (Å²) in [6.07, 6.45) is 1.64. The summed E-state index contributed by atoms with van der Waals surface area (Å²) in [4.78, 5) is 0. The van der Waals surface area contributed by atoms with Gasteiger partial charge in [0.15, 0.2) is 0 Å². The van der Waals surface area contributed by atoms with Gasteiger partial charge in [0.25, 0.3) is 0 Å². The summed E-state index contributed by atoms with van der Waals surface area (Å²) in [7, 11) is 0. The van der Waals surface area contributed by atoms with E-state index < -0.39 is 12.3 Å². The Hall–Kier alpha value is -0.150. The molecule has 2 atom stereocenters. The maximum absolute atomic E-state index is 13.1. The third-order valence-corrected chi connectivity index (χ3v) is 3.49. The Bertz CT molecular complexity index is 162. The minimum Gasteiger partial charge on any atom is -0.390 e. The van der Waals surface area contributed by atoms with Crippen LogP contribution in [0.3, 0.4) is 0 Å². The number of aliphatic hydroxyl groups is 1. The summed E-state index contributed by atoms with van der Waals surface area (Å²) in [5.74, 6) is 0. The van der Waals surface area contributed by atoms with E-state index in [1.807, 2.05) is 0 Å². The van der Waals surface area contributed by atoms with Gasteiger partial charge in [-0.3, -0.25) is 0 Å². The van der Waals surface area contributed by atoms with Gasteiger partial charge in [-0.25, -0.2) is 4.39 Å². The van der Waals surface area contributed by atoms with E-state index in [1.54, 1.807) is 0 Å². The first kappa shape index (κ1) is 8.45. The zero-order chi connectivity index (χ0) is 8.60. The van der Waals surface area contributed by atoms with Gasteiger partial charge in [0.05, 0.1) is 6.10 Å². The van der Waals surface area contributed by atoms with Gasteiger partial charge in [0.1, 0.15) is 6.17 Å². The third-order valence-electron chi connectivity index (χ3n) is 3.49. The average Bonchev–Trinajstić information content (AvgIpc) is 2.37. The Morgan fingerprint density at radius 1 is 1.25 bits per heavy atom. The molecule has 0 bridgehead atoms. The molecule has 1 saturated heterocycles. The lowest BCUT2D eigenvalue weighted by molar-refractivity contribution is -0.00631. The fourth-order valence-corrected chi connectivity index (χ4v) is 2.59. The van der Waals surface area contributed by atoms with E-state index in [9.17, 15) is 9.50 Å². The summed E-state index contributed by atoms with van der Waals surface area (Å²) >= 11 is 0. The highest BCUT2D eigenvalue weighted by atomic mass is 19.1. The van der Waals surface area contributed by atoms with Gasteiger partial charge >= 0.3 is 0 Å². The van der Waals surface area contributed by atoms with Crippen LogP contribution in [-0.4, -0.2) is 30.5 Å². The van der Waals surface area contributed by atoms with Crippen LogP contribution in [0.15, 0.2) is 0 Å². The smallest absolute Gasteiger partial charge is 0.126 e. The molecule has 1 heterocycles. The molecule has 0 aromatic rings. The van der Waals surface area contributed by atoms with Gasteiger partial charge in [-0.1, -0.05) is 0 Å². The second-order valence-electron chi connectivity index (χ2n) is 4.11. The molecule has 0 aromatic carbocycles. The number of hydrogen-bond acceptors (Lipinski definition) is 2. The van der Waals surface area contributed by atoms with Gasteiger partial charge < -0.3 is 10.4 Å². The predicted octanol–water partition coefficient (Wildman–Crippen LogP) is 0.849. The first-order valence-electron chi connectivity index (χ1n) is 4.77. The van der Waals surface area contributed by atoms with Crippen molar-refractivity contribution >= 4 is 0 Å². The molecule has 0 amide bonds. The highest BCUT2D eigenvalue weighted by molar-refractivity contribution is 4.99. The highest BCUT2D eigenvalue weighted by Gasteiger charge is 2.48. The molecule has 2 fully saturated rings. The largest absolute Gasteiger partial charge is 0.390 e. The fourth-order valence-electron chi connectivity index (χ4n) is 2.59. The second kappa shape index (κ2) is 2.96. The Morgan fingerprint density at radius 3 is 2.42 bits per heavy atom. The maximum Gasteiger partial charge on any atom is 0.126 e. The predicted molar refractivity (Wildman–Crippen MR) is 44.7 cm³/mol. The normalized spacial score (nSPS) is 40.5. The van der Waals surface area contributed by atoms with Crippen LogP contribution in [0.2, 0.25) is 0 Å². The Morgan fingerprint density at radius 2 is 1.92 bits per heavy atom. The molecule has 2 aliphatic rings. The summed E-state index contributed by atoms with van der Waals surface area (Å²) < 4.78 is 13.1. The number of halogens is 1. The van der Waals surface area contributed by atoms with Crippen LogP contribution in [0.5, 0.6) is 0 Å². The molecule has 2 unspecified atom stereocenters. The van der Waals surface area contributed by atoms with E-state index in [4.69, 9.17) is 0 Å². The number of aliphatic hydroxyl groups excluding tert-OH is 1. The molecule has 2 rings (SSSR count). The van der Waals surface area contributed by atoms with E-state index in [2.05, 4.69) is 5.32 Å². The number of alkyl halides is 1. The van der Waals surface area contributed by atoms with Crippen LogP contribution in [-0.2, 0) is 0 Å². The lowest BCUT2D eigenvalue weighted by Gasteiger charge is -2.36. The summed E-state index contributed by atoms with van der Waals surface area (Å²) in [6, 6.07) is 0.